The van der Waals surface area contributed by atoms with Crippen LogP contribution < -0.4 is 15.2 Å². The van der Waals surface area contributed by atoms with Crippen LogP contribution in [-0.4, -0.2) is 16.8 Å². The van der Waals surface area contributed by atoms with Crippen LogP contribution in [0.4, 0.5) is 0 Å². The van der Waals surface area contributed by atoms with E-state index in [4.69, 9.17) is 26.8 Å². The molecule has 29 heavy (non-hydrogen) atoms. The van der Waals surface area contributed by atoms with Gasteiger partial charge in [0.25, 0.3) is 0 Å². The molecule has 0 saturated carbocycles. The highest BCUT2D eigenvalue weighted by Crippen LogP contribution is 2.47. The Kier molecular flexibility index (Phi) is 5.15. The molecule has 1 unspecified atom stereocenters. The lowest BCUT2D eigenvalue weighted by Crippen LogP contribution is -2.21. The topological polar surface area (TPSA) is 97.0 Å². The molecular formula is C22H19ClN4O2. The van der Waals surface area contributed by atoms with E-state index in [1.807, 2.05) is 42.5 Å². The lowest BCUT2D eigenvalue weighted by atomic mass is 9.83. The van der Waals surface area contributed by atoms with Crippen molar-refractivity contribution >= 4 is 11.6 Å². The molecule has 0 bridgehead atoms. The molecule has 3 aromatic rings. The minimum absolute atomic E-state index is 0.0336. The second kappa shape index (κ2) is 7.90. The Hall–Kier alpha value is -3.43. The average molecular weight is 407 g/mol. The molecule has 4 rings (SSSR count). The zero-order chi connectivity index (χ0) is 20.4. The van der Waals surface area contributed by atoms with Crippen molar-refractivity contribution in [1.82, 2.24) is 10.2 Å². The Labute approximate surface area is 173 Å². The summed E-state index contributed by atoms with van der Waals surface area (Å²) in [4.78, 5) is 0. The molecule has 1 atom stereocenters. The highest BCUT2D eigenvalue weighted by Gasteiger charge is 2.36. The van der Waals surface area contributed by atoms with Crippen LogP contribution in [0.15, 0.2) is 60.0 Å². The third kappa shape index (κ3) is 3.41. The Morgan fingerprint density at radius 3 is 2.69 bits per heavy atom. The standard InChI is InChI=1S/C22H19ClN4O2/c1-2-11-28-14-9-7-13(8-10-14)20-19-18(15-5-3-4-6-17(15)23)16(12-24)21(25)29-22(19)27-26-20/h3-10,18H,2,11,25H2,1H3,(H,26,27). The highest BCUT2D eigenvalue weighted by atomic mass is 35.5. The molecule has 1 aromatic heterocycles. The fourth-order valence-electron chi connectivity index (χ4n) is 3.42. The normalized spacial score (nSPS) is 15.4. The average Bonchev–Trinajstić information content (AvgIpc) is 3.15. The molecule has 0 saturated heterocycles. The van der Waals surface area contributed by atoms with Crippen molar-refractivity contribution in [1.29, 1.82) is 5.26 Å². The second-order valence-corrected chi connectivity index (χ2v) is 7.04. The highest BCUT2D eigenvalue weighted by molar-refractivity contribution is 6.31. The number of nitrogens with zero attached hydrogens (tertiary/aromatic N) is 2. The first-order chi connectivity index (χ1) is 14.1. The minimum atomic E-state index is -0.484. The molecule has 2 aromatic carbocycles. The SMILES string of the molecule is CCCOc1ccc(-c2[nH]nc3c2C(c2ccccc2Cl)C(C#N)=C(N)O3)cc1. The maximum absolute atomic E-state index is 9.77. The first-order valence-corrected chi connectivity index (χ1v) is 9.65. The van der Waals surface area contributed by atoms with E-state index >= 15 is 0 Å². The number of ether oxygens (including phenoxy) is 2. The summed E-state index contributed by atoms with van der Waals surface area (Å²) in [6.07, 6.45) is 0.942. The first kappa shape index (κ1) is 18.9. The van der Waals surface area contributed by atoms with Crippen LogP contribution in [0.25, 0.3) is 11.3 Å². The van der Waals surface area contributed by atoms with E-state index in [9.17, 15) is 5.26 Å². The van der Waals surface area contributed by atoms with E-state index < -0.39 is 5.92 Å². The molecule has 1 aliphatic heterocycles. The van der Waals surface area contributed by atoms with Crippen molar-refractivity contribution in [2.45, 2.75) is 19.3 Å². The molecule has 3 N–H and O–H groups in total. The van der Waals surface area contributed by atoms with Gasteiger partial charge in [-0.25, -0.2) is 0 Å². The molecule has 1 aliphatic rings. The number of aromatic nitrogens is 2. The van der Waals surface area contributed by atoms with Crippen molar-refractivity contribution < 1.29 is 9.47 Å². The van der Waals surface area contributed by atoms with Gasteiger partial charge in [-0.2, -0.15) is 5.26 Å². The van der Waals surface area contributed by atoms with Crippen molar-refractivity contribution in [3.8, 4) is 29.0 Å². The van der Waals surface area contributed by atoms with E-state index in [0.717, 1.165) is 34.6 Å². The van der Waals surface area contributed by atoms with E-state index in [1.165, 1.54) is 0 Å². The predicted octanol–water partition coefficient (Wildman–Crippen LogP) is 4.74. The van der Waals surface area contributed by atoms with E-state index in [0.29, 0.717) is 23.1 Å². The predicted molar refractivity (Wildman–Crippen MR) is 111 cm³/mol. The van der Waals surface area contributed by atoms with Crippen LogP contribution in [0.5, 0.6) is 11.6 Å². The second-order valence-electron chi connectivity index (χ2n) is 6.64. The molecule has 0 amide bonds. The number of nitriles is 1. The Morgan fingerprint density at radius 1 is 1.24 bits per heavy atom. The van der Waals surface area contributed by atoms with Crippen molar-refractivity contribution in [3.05, 3.63) is 76.1 Å². The van der Waals surface area contributed by atoms with Gasteiger partial charge in [0.1, 0.15) is 17.4 Å². The van der Waals surface area contributed by atoms with Gasteiger partial charge in [-0.3, -0.25) is 5.10 Å². The van der Waals surface area contributed by atoms with Crippen LogP contribution in [0, 0.1) is 11.3 Å². The van der Waals surface area contributed by atoms with Gasteiger partial charge in [0.15, 0.2) is 0 Å². The number of nitrogens with two attached hydrogens (primary N) is 1. The number of rotatable bonds is 5. The van der Waals surface area contributed by atoms with Gasteiger partial charge < -0.3 is 15.2 Å². The zero-order valence-electron chi connectivity index (χ0n) is 15.8. The van der Waals surface area contributed by atoms with Crippen molar-refractivity contribution in [3.63, 3.8) is 0 Å². The Morgan fingerprint density at radius 2 is 2.00 bits per heavy atom. The van der Waals surface area contributed by atoms with E-state index in [2.05, 4.69) is 23.2 Å². The molecule has 146 valence electrons. The number of hydrogen-bond acceptors (Lipinski definition) is 5. The number of allylic oxidation sites excluding steroid dienone is 1. The van der Waals surface area contributed by atoms with Crippen LogP contribution in [0.1, 0.15) is 30.4 Å². The summed E-state index contributed by atoms with van der Waals surface area (Å²) in [5.41, 5.74) is 9.45. The molecule has 2 heterocycles. The van der Waals surface area contributed by atoms with Crippen LogP contribution >= 0.6 is 11.6 Å². The van der Waals surface area contributed by atoms with Gasteiger partial charge in [0.2, 0.25) is 11.8 Å². The number of halogens is 1. The minimum Gasteiger partial charge on any atom is -0.494 e. The number of benzene rings is 2. The molecular weight excluding hydrogens is 388 g/mol. The molecule has 6 nitrogen and oxygen atoms in total. The number of fused-ring (bicyclic) bond motifs is 1. The van der Waals surface area contributed by atoms with Crippen LogP contribution in [0.3, 0.4) is 0 Å². The van der Waals surface area contributed by atoms with E-state index in [1.54, 1.807) is 6.07 Å². The maximum Gasteiger partial charge on any atom is 0.244 e. The summed E-state index contributed by atoms with van der Waals surface area (Å²) in [6.45, 7) is 2.73. The maximum atomic E-state index is 9.77. The van der Waals surface area contributed by atoms with Crippen LogP contribution in [0.2, 0.25) is 5.02 Å². The quantitative estimate of drug-likeness (QED) is 0.638. The van der Waals surface area contributed by atoms with Crippen molar-refractivity contribution in [2.75, 3.05) is 6.61 Å². The fourth-order valence-corrected chi connectivity index (χ4v) is 3.67. The van der Waals surface area contributed by atoms with Gasteiger partial charge in [0.05, 0.1) is 23.8 Å². The summed E-state index contributed by atoms with van der Waals surface area (Å²) in [5.74, 6) is 0.686. The summed E-state index contributed by atoms with van der Waals surface area (Å²) in [7, 11) is 0. The summed E-state index contributed by atoms with van der Waals surface area (Å²) >= 11 is 6.47. The fraction of sp³-hybridized carbons (Fsp3) is 0.182. The van der Waals surface area contributed by atoms with Gasteiger partial charge in [-0.05, 0) is 42.3 Å². The summed E-state index contributed by atoms with van der Waals surface area (Å²) in [5, 5.41) is 17.6. The van der Waals surface area contributed by atoms with Gasteiger partial charge in [-0.1, -0.05) is 36.7 Å². The Bertz CT molecular complexity index is 1110. The number of aromatic amines is 1. The lowest BCUT2D eigenvalue weighted by molar-refractivity contribution is 0.317. The monoisotopic (exact) mass is 406 g/mol. The van der Waals surface area contributed by atoms with Crippen LogP contribution in [-0.2, 0) is 0 Å². The van der Waals surface area contributed by atoms with Gasteiger partial charge >= 0.3 is 0 Å². The third-order valence-corrected chi connectivity index (χ3v) is 5.12. The lowest BCUT2D eigenvalue weighted by Gasteiger charge is -2.24. The summed E-state index contributed by atoms with van der Waals surface area (Å²) < 4.78 is 11.3. The molecule has 7 heteroatoms. The first-order valence-electron chi connectivity index (χ1n) is 9.27. The Balaban J connectivity index is 1.83. The smallest absolute Gasteiger partial charge is 0.244 e. The molecule has 0 spiro atoms. The molecule has 0 aliphatic carbocycles. The largest absolute Gasteiger partial charge is 0.494 e. The molecule has 0 radical (unpaired) electrons. The van der Waals surface area contributed by atoms with Crippen molar-refractivity contribution in [2.24, 2.45) is 5.73 Å². The molecule has 0 fully saturated rings. The number of H-pyrrole nitrogens is 1. The van der Waals surface area contributed by atoms with E-state index in [-0.39, 0.29) is 5.88 Å². The third-order valence-electron chi connectivity index (χ3n) is 4.77. The number of nitrogens with one attached hydrogen (secondary N) is 1. The number of hydrogen-bond donors (Lipinski definition) is 2. The van der Waals surface area contributed by atoms with Gasteiger partial charge in [-0.15, -0.1) is 5.10 Å². The van der Waals surface area contributed by atoms with Gasteiger partial charge in [0, 0.05) is 10.6 Å². The summed E-state index contributed by atoms with van der Waals surface area (Å²) in [6, 6.07) is 17.3. The zero-order valence-corrected chi connectivity index (χ0v) is 16.5.